The van der Waals surface area contributed by atoms with E-state index in [1.807, 2.05) is 27.7 Å². The Morgan fingerprint density at radius 1 is 0.774 bits per heavy atom. The van der Waals surface area contributed by atoms with Crippen molar-refractivity contribution in [1.82, 2.24) is 0 Å². The Labute approximate surface area is 185 Å². The summed E-state index contributed by atoms with van der Waals surface area (Å²) in [7, 11) is 0. The maximum absolute atomic E-state index is 11.5. The fraction of sp³-hybridized carbons (Fsp3) is 0.407. The van der Waals surface area contributed by atoms with Crippen LogP contribution < -0.4 is 9.47 Å². The van der Waals surface area contributed by atoms with Crippen LogP contribution in [-0.2, 0) is 9.59 Å². The minimum Gasteiger partial charge on any atom is -0.426 e. The first-order chi connectivity index (χ1) is 14.7. The fourth-order valence-corrected chi connectivity index (χ4v) is 4.79. The second-order valence-electron chi connectivity index (χ2n) is 8.68. The molecule has 1 unspecified atom stereocenters. The molecule has 0 fully saturated rings. The van der Waals surface area contributed by atoms with E-state index in [0.717, 1.165) is 41.5 Å². The number of hydrogen-bond acceptors (Lipinski definition) is 4. The number of aryl methyl sites for hydroxylation is 4. The standard InChI is InChI=1S/C27H32O4/c1-16-12-23(13-17(2)26(16)30-20(5)28)25(22-10-8-7-9-11-22)24-14-18(3)27(19(4)15-24)31-21(6)29/h7-8,12-15,22,25H,9-11H2,1-6H3. The Balaban J connectivity index is 2.11. The average molecular weight is 421 g/mol. The van der Waals surface area contributed by atoms with Gasteiger partial charge >= 0.3 is 11.9 Å². The van der Waals surface area contributed by atoms with E-state index in [2.05, 4.69) is 36.4 Å². The van der Waals surface area contributed by atoms with Gasteiger partial charge in [0.1, 0.15) is 11.5 Å². The van der Waals surface area contributed by atoms with Crippen LogP contribution in [-0.4, -0.2) is 11.9 Å². The summed E-state index contributed by atoms with van der Waals surface area (Å²) in [5.74, 6) is 1.37. The molecule has 164 valence electrons. The van der Waals surface area contributed by atoms with Gasteiger partial charge in [0, 0.05) is 19.8 Å². The largest absolute Gasteiger partial charge is 0.426 e. The molecule has 2 aromatic rings. The predicted molar refractivity (Wildman–Crippen MR) is 123 cm³/mol. The van der Waals surface area contributed by atoms with Crippen molar-refractivity contribution < 1.29 is 19.1 Å². The van der Waals surface area contributed by atoms with Gasteiger partial charge in [-0.25, -0.2) is 0 Å². The molecule has 1 atom stereocenters. The van der Waals surface area contributed by atoms with Crippen LogP contribution >= 0.6 is 0 Å². The number of allylic oxidation sites excluding steroid dienone is 2. The first kappa shape index (κ1) is 22.8. The monoisotopic (exact) mass is 420 g/mol. The SMILES string of the molecule is CC(=O)Oc1c(C)cc(C(c2cc(C)c(OC(C)=O)c(C)c2)C2CC=CCC2)cc1C. The summed E-state index contributed by atoms with van der Waals surface area (Å²) in [4.78, 5) is 23.0. The second-order valence-corrected chi connectivity index (χ2v) is 8.68. The van der Waals surface area contributed by atoms with Gasteiger partial charge < -0.3 is 9.47 Å². The molecule has 0 N–H and O–H groups in total. The molecule has 4 nitrogen and oxygen atoms in total. The molecule has 0 amide bonds. The van der Waals surface area contributed by atoms with Gasteiger partial charge in [-0.1, -0.05) is 36.4 Å². The minimum atomic E-state index is -0.305. The highest BCUT2D eigenvalue weighted by atomic mass is 16.5. The molecule has 0 radical (unpaired) electrons. The van der Waals surface area contributed by atoms with Crippen molar-refractivity contribution in [2.45, 2.75) is 66.7 Å². The number of carbonyl (C=O) groups is 2. The topological polar surface area (TPSA) is 52.6 Å². The van der Waals surface area contributed by atoms with Crippen LogP contribution in [0.2, 0.25) is 0 Å². The lowest BCUT2D eigenvalue weighted by Gasteiger charge is -2.31. The lowest BCUT2D eigenvalue weighted by Crippen LogP contribution is -2.17. The smallest absolute Gasteiger partial charge is 0.308 e. The van der Waals surface area contributed by atoms with Crippen molar-refractivity contribution in [3.05, 3.63) is 69.8 Å². The third-order valence-electron chi connectivity index (χ3n) is 5.96. The molecule has 0 bridgehead atoms. The molecule has 0 saturated heterocycles. The average Bonchev–Trinajstić information content (AvgIpc) is 2.68. The van der Waals surface area contributed by atoms with E-state index >= 15 is 0 Å². The predicted octanol–water partition coefficient (Wildman–Crippen LogP) is 6.26. The molecule has 0 aliphatic heterocycles. The first-order valence-electron chi connectivity index (χ1n) is 10.9. The van der Waals surface area contributed by atoms with Crippen LogP contribution in [0.1, 0.15) is 72.4 Å². The van der Waals surface area contributed by atoms with E-state index in [0.29, 0.717) is 17.4 Å². The molecule has 0 aromatic heterocycles. The number of benzene rings is 2. The third kappa shape index (κ3) is 5.25. The Hall–Kier alpha value is -2.88. The normalized spacial score (nSPS) is 15.8. The van der Waals surface area contributed by atoms with E-state index < -0.39 is 0 Å². The van der Waals surface area contributed by atoms with Crippen LogP contribution in [0.4, 0.5) is 0 Å². The Morgan fingerprint density at radius 2 is 1.19 bits per heavy atom. The van der Waals surface area contributed by atoms with Crippen LogP contribution in [0.5, 0.6) is 11.5 Å². The lowest BCUT2D eigenvalue weighted by molar-refractivity contribution is -0.132. The van der Waals surface area contributed by atoms with Gasteiger partial charge in [-0.05, 0) is 86.3 Å². The van der Waals surface area contributed by atoms with E-state index in [1.54, 1.807) is 0 Å². The molecule has 0 saturated carbocycles. The van der Waals surface area contributed by atoms with Gasteiger partial charge in [0.2, 0.25) is 0 Å². The zero-order valence-electron chi connectivity index (χ0n) is 19.4. The highest BCUT2D eigenvalue weighted by Crippen LogP contribution is 2.42. The summed E-state index contributed by atoms with van der Waals surface area (Å²) in [6, 6.07) is 8.61. The van der Waals surface area contributed by atoms with Crippen molar-refractivity contribution in [3.63, 3.8) is 0 Å². The maximum Gasteiger partial charge on any atom is 0.308 e. The van der Waals surface area contributed by atoms with Gasteiger partial charge in [-0.3, -0.25) is 9.59 Å². The number of rotatable bonds is 5. The van der Waals surface area contributed by atoms with Crippen molar-refractivity contribution >= 4 is 11.9 Å². The zero-order chi connectivity index (χ0) is 22.7. The van der Waals surface area contributed by atoms with Crippen molar-refractivity contribution in [2.24, 2.45) is 5.92 Å². The molecular weight excluding hydrogens is 388 g/mol. The Bertz CT molecular complexity index is 914. The minimum absolute atomic E-state index is 0.206. The number of hydrogen-bond donors (Lipinski definition) is 0. The summed E-state index contributed by atoms with van der Waals surface area (Å²) in [6.07, 6.45) is 7.76. The van der Waals surface area contributed by atoms with Crippen molar-refractivity contribution in [1.29, 1.82) is 0 Å². The third-order valence-corrected chi connectivity index (χ3v) is 5.96. The molecular formula is C27H32O4. The fourth-order valence-electron chi connectivity index (χ4n) is 4.79. The van der Waals surface area contributed by atoms with Crippen molar-refractivity contribution in [2.75, 3.05) is 0 Å². The summed E-state index contributed by atoms with van der Waals surface area (Å²) < 4.78 is 10.9. The Kier molecular flexibility index (Phi) is 6.99. The van der Waals surface area contributed by atoms with Gasteiger partial charge in [0.05, 0.1) is 0 Å². The summed E-state index contributed by atoms with van der Waals surface area (Å²) in [5.41, 5.74) is 6.31. The summed E-state index contributed by atoms with van der Waals surface area (Å²) in [5, 5.41) is 0. The molecule has 31 heavy (non-hydrogen) atoms. The molecule has 3 rings (SSSR count). The summed E-state index contributed by atoms with van der Waals surface area (Å²) in [6.45, 7) is 10.8. The van der Waals surface area contributed by atoms with E-state index in [4.69, 9.17) is 9.47 Å². The van der Waals surface area contributed by atoms with Crippen LogP contribution in [0.15, 0.2) is 36.4 Å². The molecule has 4 heteroatoms. The highest BCUT2D eigenvalue weighted by Gasteiger charge is 2.27. The van der Waals surface area contributed by atoms with E-state index in [9.17, 15) is 9.59 Å². The molecule has 1 aliphatic rings. The second kappa shape index (κ2) is 9.51. The van der Waals surface area contributed by atoms with Gasteiger partial charge in [-0.15, -0.1) is 0 Å². The molecule has 0 heterocycles. The first-order valence-corrected chi connectivity index (χ1v) is 10.9. The molecule has 0 spiro atoms. The van der Waals surface area contributed by atoms with Crippen LogP contribution in [0.3, 0.4) is 0 Å². The number of carbonyl (C=O) groups excluding carboxylic acids is 2. The van der Waals surface area contributed by atoms with Crippen molar-refractivity contribution in [3.8, 4) is 11.5 Å². The van der Waals surface area contributed by atoms with E-state index in [-0.39, 0.29) is 17.9 Å². The zero-order valence-corrected chi connectivity index (χ0v) is 19.4. The van der Waals surface area contributed by atoms with Gasteiger partial charge in [-0.2, -0.15) is 0 Å². The highest BCUT2D eigenvalue weighted by molar-refractivity contribution is 5.71. The summed E-state index contributed by atoms with van der Waals surface area (Å²) >= 11 is 0. The molecule has 2 aromatic carbocycles. The van der Waals surface area contributed by atoms with Crippen LogP contribution in [0, 0.1) is 33.6 Å². The molecule has 1 aliphatic carbocycles. The van der Waals surface area contributed by atoms with Gasteiger partial charge in [0.25, 0.3) is 0 Å². The quantitative estimate of drug-likeness (QED) is 0.325. The number of ether oxygens (including phenoxy) is 2. The van der Waals surface area contributed by atoms with Gasteiger partial charge in [0.15, 0.2) is 0 Å². The number of esters is 2. The Morgan fingerprint density at radius 3 is 1.52 bits per heavy atom. The lowest BCUT2D eigenvalue weighted by atomic mass is 9.74. The maximum atomic E-state index is 11.5. The van der Waals surface area contributed by atoms with E-state index in [1.165, 1.54) is 25.0 Å². The van der Waals surface area contributed by atoms with Crippen LogP contribution in [0.25, 0.3) is 0 Å².